The van der Waals surface area contributed by atoms with Gasteiger partial charge in [0.1, 0.15) is 0 Å². The monoisotopic (exact) mass is 694 g/mol. The number of rotatable bonds is 6. The Morgan fingerprint density at radius 1 is 0.407 bits per heavy atom. The highest BCUT2D eigenvalue weighted by Crippen LogP contribution is 2.52. The lowest BCUT2D eigenvalue weighted by molar-refractivity contribution is 0.815. The van der Waals surface area contributed by atoms with Crippen LogP contribution in [0.4, 0.5) is 0 Å². The van der Waals surface area contributed by atoms with Crippen LogP contribution in [0.15, 0.2) is 146 Å². The van der Waals surface area contributed by atoms with Gasteiger partial charge in [0, 0.05) is 32.7 Å². The normalized spacial score (nSPS) is 11.6. The summed E-state index contributed by atoms with van der Waals surface area (Å²) in [6.45, 7) is 9.17. The molecule has 4 nitrogen and oxygen atoms in total. The highest BCUT2D eigenvalue weighted by molar-refractivity contribution is 6.13. The first-order valence-electron chi connectivity index (χ1n) is 18.6. The Labute approximate surface area is 315 Å². The van der Waals surface area contributed by atoms with Gasteiger partial charge in [0.15, 0.2) is 0 Å². The van der Waals surface area contributed by atoms with Gasteiger partial charge >= 0.3 is 0 Å². The second kappa shape index (κ2) is 13.0. The lowest BCUT2D eigenvalue weighted by atomic mass is 9.79. The second-order valence-corrected chi connectivity index (χ2v) is 14.7. The Kier molecular flexibility index (Phi) is 7.92. The first kappa shape index (κ1) is 33.0. The lowest BCUT2D eigenvalue weighted by Crippen LogP contribution is -2.15. The van der Waals surface area contributed by atoms with Crippen LogP contribution in [0.25, 0.3) is 77.2 Å². The molecule has 258 valence electrons. The molecule has 9 rings (SSSR count). The molecule has 0 bridgehead atoms. The molecule has 0 spiro atoms. The van der Waals surface area contributed by atoms with Gasteiger partial charge in [-0.2, -0.15) is 10.5 Å². The van der Waals surface area contributed by atoms with E-state index < -0.39 is 0 Å². The Bertz CT molecular complexity index is 2830. The van der Waals surface area contributed by atoms with E-state index in [4.69, 9.17) is 0 Å². The summed E-state index contributed by atoms with van der Waals surface area (Å²) in [5.74, 6) is 0.147. The Morgan fingerprint density at radius 2 is 0.741 bits per heavy atom. The molecule has 0 aliphatic heterocycles. The third-order valence-electron chi connectivity index (χ3n) is 10.8. The van der Waals surface area contributed by atoms with Gasteiger partial charge in [0.25, 0.3) is 0 Å². The first-order chi connectivity index (χ1) is 26.4. The smallest absolute Gasteiger partial charge is 0.0991 e. The Balaban J connectivity index is 1.64. The molecular weight excluding hydrogens is 657 g/mol. The molecule has 2 aromatic heterocycles. The first-order valence-corrected chi connectivity index (χ1v) is 18.6. The van der Waals surface area contributed by atoms with E-state index in [1.165, 1.54) is 32.7 Å². The molecule has 9 aromatic rings. The van der Waals surface area contributed by atoms with Gasteiger partial charge in [0.05, 0.1) is 56.7 Å². The number of aromatic nitrogens is 2. The molecule has 0 amide bonds. The summed E-state index contributed by atoms with van der Waals surface area (Å²) in [5, 5.41) is 25.3. The molecule has 0 saturated carbocycles. The van der Waals surface area contributed by atoms with Crippen LogP contribution in [0, 0.1) is 22.7 Å². The zero-order valence-corrected chi connectivity index (χ0v) is 30.8. The van der Waals surface area contributed by atoms with E-state index in [2.05, 4.69) is 158 Å². The SMILES string of the molecule is CC(C)c1c(-c2cccc(C#N)c2)c(-n2c3ccccc3c3ccccc32)c(-c2cccc(C#N)c2)c(C(C)C)c1-n1c2ccccc2c2ccccc21. The van der Waals surface area contributed by atoms with E-state index in [1.807, 2.05) is 36.4 Å². The van der Waals surface area contributed by atoms with Gasteiger partial charge in [-0.1, -0.05) is 125 Å². The van der Waals surface area contributed by atoms with Crippen LogP contribution in [-0.2, 0) is 0 Å². The standard InChI is InChI=1S/C50H38N4/c1-31(2)45-47(35-17-13-15-33(27-35)29-51)50(54-43-25-11-7-21-39(43)40-22-8-12-26-44(40)54)48(36-18-14-16-34(28-36)30-52)46(32(3)4)49(45)53-41-23-9-5-19-37(41)38-20-6-10-24-42(38)53/h5-28,31-32H,1-4H3. The van der Waals surface area contributed by atoms with Crippen LogP contribution in [0.3, 0.4) is 0 Å². The maximum Gasteiger partial charge on any atom is 0.0991 e. The van der Waals surface area contributed by atoms with E-state index in [0.717, 1.165) is 55.7 Å². The minimum absolute atomic E-state index is 0.0736. The third-order valence-corrected chi connectivity index (χ3v) is 10.8. The molecule has 2 heterocycles. The Hall–Kier alpha value is -6.88. The van der Waals surface area contributed by atoms with E-state index >= 15 is 0 Å². The summed E-state index contributed by atoms with van der Waals surface area (Å²) in [7, 11) is 0. The summed E-state index contributed by atoms with van der Waals surface area (Å²) in [5.41, 5.74) is 14.4. The molecule has 7 aromatic carbocycles. The molecule has 0 radical (unpaired) electrons. The van der Waals surface area contributed by atoms with Crippen molar-refractivity contribution in [2.45, 2.75) is 39.5 Å². The molecule has 0 fully saturated rings. The number of benzene rings is 7. The number of hydrogen-bond donors (Lipinski definition) is 0. The molecule has 0 atom stereocenters. The summed E-state index contributed by atoms with van der Waals surface area (Å²) in [6.07, 6.45) is 0. The second-order valence-electron chi connectivity index (χ2n) is 14.7. The van der Waals surface area contributed by atoms with Gasteiger partial charge < -0.3 is 9.13 Å². The number of nitriles is 2. The van der Waals surface area contributed by atoms with Gasteiger partial charge in [-0.15, -0.1) is 0 Å². The van der Waals surface area contributed by atoms with Gasteiger partial charge in [0.2, 0.25) is 0 Å². The third kappa shape index (κ3) is 4.96. The molecular formula is C50H38N4. The van der Waals surface area contributed by atoms with Crippen molar-refractivity contribution in [3.05, 3.63) is 168 Å². The van der Waals surface area contributed by atoms with E-state index in [0.29, 0.717) is 11.1 Å². The highest BCUT2D eigenvalue weighted by atomic mass is 15.0. The number of fused-ring (bicyclic) bond motifs is 6. The van der Waals surface area contributed by atoms with E-state index in [1.54, 1.807) is 0 Å². The van der Waals surface area contributed by atoms with Crippen molar-refractivity contribution in [2.75, 3.05) is 0 Å². The predicted octanol–water partition coefficient (Wildman–Crippen LogP) is 13.2. The largest absolute Gasteiger partial charge is 0.309 e. The lowest BCUT2D eigenvalue weighted by Gasteiger charge is -2.32. The fourth-order valence-corrected chi connectivity index (χ4v) is 8.75. The van der Waals surface area contributed by atoms with Crippen molar-refractivity contribution in [3.8, 4) is 45.8 Å². The Morgan fingerprint density at radius 3 is 1.07 bits per heavy atom. The van der Waals surface area contributed by atoms with Crippen LogP contribution in [0.5, 0.6) is 0 Å². The average molecular weight is 695 g/mol. The van der Waals surface area contributed by atoms with Crippen molar-refractivity contribution in [3.63, 3.8) is 0 Å². The van der Waals surface area contributed by atoms with Crippen molar-refractivity contribution in [1.82, 2.24) is 9.13 Å². The molecule has 4 heteroatoms. The number of para-hydroxylation sites is 4. The van der Waals surface area contributed by atoms with Gasteiger partial charge in [-0.05, 0) is 82.6 Å². The van der Waals surface area contributed by atoms with Gasteiger partial charge in [-0.3, -0.25) is 0 Å². The van der Waals surface area contributed by atoms with Crippen LogP contribution in [0.2, 0.25) is 0 Å². The quantitative estimate of drug-likeness (QED) is 0.174. The summed E-state index contributed by atoms with van der Waals surface area (Å²) >= 11 is 0. The average Bonchev–Trinajstić information content (AvgIpc) is 3.72. The van der Waals surface area contributed by atoms with Gasteiger partial charge in [-0.25, -0.2) is 0 Å². The summed E-state index contributed by atoms with van der Waals surface area (Å²) < 4.78 is 4.93. The maximum atomic E-state index is 10.3. The van der Waals surface area contributed by atoms with Crippen molar-refractivity contribution >= 4 is 43.6 Å². The van der Waals surface area contributed by atoms with Crippen LogP contribution in [-0.4, -0.2) is 9.13 Å². The minimum Gasteiger partial charge on any atom is -0.309 e. The van der Waals surface area contributed by atoms with Crippen LogP contribution < -0.4 is 0 Å². The number of nitrogens with zero attached hydrogens (tertiary/aromatic N) is 4. The fourth-order valence-electron chi connectivity index (χ4n) is 8.75. The summed E-state index contributed by atoms with van der Waals surface area (Å²) in [4.78, 5) is 0. The minimum atomic E-state index is 0.0736. The highest BCUT2D eigenvalue weighted by Gasteiger charge is 2.33. The van der Waals surface area contributed by atoms with Crippen LogP contribution in [0.1, 0.15) is 61.8 Å². The van der Waals surface area contributed by atoms with E-state index in [9.17, 15) is 10.5 Å². The molecule has 0 saturated heterocycles. The number of hydrogen-bond acceptors (Lipinski definition) is 2. The zero-order chi connectivity index (χ0) is 37.1. The molecule has 0 aliphatic rings. The van der Waals surface area contributed by atoms with Crippen LogP contribution >= 0.6 is 0 Å². The topological polar surface area (TPSA) is 57.4 Å². The molecule has 0 N–H and O–H groups in total. The van der Waals surface area contributed by atoms with E-state index in [-0.39, 0.29) is 11.8 Å². The van der Waals surface area contributed by atoms with Crippen molar-refractivity contribution in [1.29, 1.82) is 10.5 Å². The molecule has 54 heavy (non-hydrogen) atoms. The summed E-state index contributed by atoms with van der Waals surface area (Å²) in [6, 6.07) is 55.7. The van der Waals surface area contributed by atoms with Crippen molar-refractivity contribution < 1.29 is 0 Å². The predicted molar refractivity (Wildman–Crippen MR) is 224 cm³/mol. The maximum absolute atomic E-state index is 10.3. The van der Waals surface area contributed by atoms with Crippen molar-refractivity contribution in [2.24, 2.45) is 0 Å². The molecule has 0 unspecified atom stereocenters. The molecule has 0 aliphatic carbocycles. The zero-order valence-electron chi connectivity index (χ0n) is 30.8. The fraction of sp³-hybridized carbons (Fsp3) is 0.120.